The lowest BCUT2D eigenvalue weighted by atomic mass is 9.79. The lowest BCUT2D eigenvalue weighted by molar-refractivity contribution is -0.438. The van der Waals surface area contributed by atoms with Gasteiger partial charge in [0.1, 0.15) is 39.8 Å². The van der Waals surface area contributed by atoms with Crippen molar-refractivity contribution in [3.63, 3.8) is 0 Å². The zero-order chi connectivity index (χ0) is 98.4. The quantitative estimate of drug-likeness (QED) is 0.00621. The van der Waals surface area contributed by atoms with E-state index in [2.05, 4.69) is 72.5 Å². The number of sulfonamides is 1. The van der Waals surface area contributed by atoms with Gasteiger partial charge in [-0.15, -0.1) is 0 Å². The third kappa shape index (κ3) is 20.3. The van der Waals surface area contributed by atoms with Gasteiger partial charge in [-0.3, -0.25) is 42.2 Å². The van der Waals surface area contributed by atoms with Crippen molar-refractivity contribution in [3.05, 3.63) is 257 Å². The number of likely N-dealkylation sites (N-methyl/N-ethyl adjacent to an activating group) is 1. The van der Waals surface area contributed by atoms with Crippen LogP contribution in [0.2, 0.25) is 0 Å². The molecule has 9 aromatic rings. The van der Waals surface area contributed by atoms with E-state index in [1.54, 1.807) is 72.8 Å². The van der Waals surface area contributed by atoms with Crippen molar-refractivity contribution in [2.24, 2.45) is 11.8 Å². The summed E-state index contributed by atoms with van der Waals surface area (Å²) in [4.78, 5) is 72.7. The van der Waals surface area contributed by atoms with Gasteiger partial charge in [0.2, 0.25) is 50.4 Å². The summed E-state index contributed by atoms with van der Waals surface area (Å²) in [5, 5.41) is 16.5. The average Bonchev–Trinajstić information content (AvgIpc) is 1.54. The molecule has 0 unspecified atom stereocenters. The summed E-state index contributed by atoms with van der Waals surface area (Å²) >= 11 is 0. The molecule has 17 rings (SSSR count). The molecule has 2 atom stereocenters. The van der Waals surface area contributed by atoms with Crippen LogP contribution in [0.15, 0.2) is 253 Å². The molecule has 1 saturated carbocycles. The molecule has 6 aliphatic heterocycles. The Morgan fingerprint density at radius 2 is 1.19 bits per heavy atom. The molecule has 2 aliphatic carbocycles. The van der Waals surface area contributed by atoms with Crippen LogP contribution >= 0.6 is 0 Å². The summed E-state index contributed by atoms with van der Waals surface area (Å²) in [7, 11) is -24.3. The topological polar surface area (TPSA) is 426 Å². The van der Waals surface area contributed by atoms with Crippen molar-refractivity contribution < 1.29 is 93.3 Å². The Balaban J connectivity index is 0.563. The second kappa shape index (κ2) is 39.7. The van der Waals surface area contributed by atoms with E-state index in [4.69, 9.17) is 4.42 Å². The summed E-state index contributed by atoms with van der Waals surface area (Å²) in [6.45, 7) is 11.4. The van der Waals surface area contributed by atoms with Crippen molar-refractivity contribution in [1.29, 1.82) is 0 Å². The van der Waals surface area contributed by atoms with Crippen LogP contribution < -0.4 is 46.3 Å². The third-order valence-corrected chi connectivity index (χ3v) is 33.4. The van der Waals surface area contributed by atoms with E-state index < -0.39 is 117 Å². The van der Waals surface area contributed by atoms with Gasteiger partial charge in [0.05, 0.1) is 26.2 Å². The van der Waals surface area contributed by atoms with Crippen LogP contribution in [0.3, 0.4) is 0 Å². The molecule has 35 heteroatoms. The van der Waals surface area contributed by atoms with E-state index in [-0.39, 0.29) is 103 Å². The van der Waals surface area contributed by atoms with Crippen LogP contribution in [0.1, 0.15) is 151 Å². The van der Waals surface area contributed by atoms with Gasteiger partial charge in [0.25, 0.3) is 46.4 Å². The number of carbonyl (C=O) groups is 5. The number of anilines is 3. The second-order valence-corrected chi connectivity index (χ2v) is 45.0. The highest BCUT2D eigenvalue weighted by Crippen LogP contribution is 2.53. The maximum atomic E-state index is 15.4. The number of amides is 5. The second-order valence-electron chi connectivity index (χ2n) is 37.5. The highest BCUT2D eigenvalue weighted by molar-refractivity contribution is 7.89. The van der Waals surface area contributed by atoms with Crippen LogP contribution in [0.4, 0.5) is 28.4 Å². The van der Waals surface area contributed by atoms with E-state index in [9.17, 15) is 75.9 Å². The predicted octanol–water partition coefficient (Wildman–Crippen LogP) is 14.7. The first-order valence-electron chi connectivity index (χ1n) is 47.0. The van der Waals surface area contributed by atoms with Gasteiger partial charge in [-0.05, 0) is 178 Å². The first-order chi connectivity index (χ1) is 66.3. The summed E-state index contributed by atoms with van der Waals surface area (Å²) in [6.07, 6.45) is 17.3. The molecule has 139 heavy (non-hydrogen) atoms. The van der Waals surface area contributed by atoms with Crippen molar-refractivity contribution in [1.82, 2.24) is 35.5 Å². The minimum Gasteiger partial charge on any atom is -0.456 e. The molecular weight excluding hydrogens is 1870 g/mol. The van der Waals surface area contributed by atoms with Gasteiger partial charge in [0.15, 0.2) is 12.3 Å². The number of piperidine rings is 1. The van der Waals surface area contributed by atoms with E-state index in [1.807, 2.05) is 117 Å². The maximum absolute atomic E-state index is 15.4. The number of hydrogen-bond donors (Lipinski definition) is 9. The minimum atomic E-state index is -5.08. The van der Waals surface area contributed by atoms with Gasteiger partial charge in [-0.25, -0.2) is 8.42 Å². The van der Waals surface area contributed by atoms with Gasteiger partial charge < -0.3 is 40.8 Å². The molecule has 5 amide bonds. The third-order valence-electron chi connectivity index (χ3n) is 28.0. The minimum absolute atomic E-state index is 0.0151. The van der Waals surface area contributed by atoms with E-state index in [0.29, 0.717) is 113 Å². The Morgan fingerprint density at radius 3 is 1.89 bits per heavy atom. The first kappa shape index (κ1) is 98.2. The van der Waals surface area contributed by atoms with Crippen molar-refractivity contribution in [3.8, 4) is 22.5 Å². The Morgan fingerprint density at radius 1 is 0.532 bits per heavy atom. The molecule has 8 aliphatic rings. The first-order valence-corrected chi connectivity index (χ1v) is 54.2. The van der Waals surface area contributed by atoms with Gasteiger partial charge in [0, 0.05) is 179 Å². The number of nitrogens with one attached hydrogen (secondary N) is 5. The normalized spacial score (nSPS) is 17.6. The number of nitrogens with zero attached hydrogens (tertiary/aromatic N) is 5. The molecule has 0 aromatic heterocycles. The molecule has 0 spiro atoms. The molecule has 1 saturated heterocycles. The van der Waals surface area contributed by atoms with Crippen molar-refractivity contribution in [2.75, 3.05) is 68.7 Å². The SMILES string of the molecule is CCN1\C(=C/C=C/C=C/C2=[N+](CCCCCC(=O)NCCNC(=O)[C@H](CCNC(=O)C3CCN(S(=O)(=O)c4ccccc4-c4c5ccc(=[N+]6CCc7ccccc76)cc-5oc5cc(N6CCc7ccccc76)ccc45)CC3)NC(=O)[C@H](CC3CCCCC3)NC(=O)c3ccccc3)c3ccc4c(S(=O)(=O)O)cc(S(=O)(=O)O)cc4c3C2(C)C)C(C)(C)c2c1ccc1c(S(=O)(=O)O)cc(S(=O)(=O)O)cc21. The average molecular weight is 1980 g/mol. The van der Waals surface area contributed by atoms with Crippen LogP contribution in [0.25, 0.3) is 55.0 Å². The fourth-order valence-corrected chi connectivity index (χ4v) is 25.6. The number of rotatable bonds is 32. The summed E-state index contributed by atoms with van der Waals surface area (Å²) in [5.74, 6) is -2.31. The Bertz CT molecular complexity index is 7590. The molecule has 30 nitrogen and oxygen atoms in total. The standard InChI is InChI=1S/C104H110N10O20S5/c1-6-111-86-44-42-75-80(62-73(136(122,123)124)64-91(75)138(128,129)130)97(86)103(2,3)93(111)35-15-9-16-36-94-104(4,5)98-81-63-74(137(125,126)127)65-92(139(131,132)133)76(81)43-45-87(98)114(94)54-24-10-17-37-95(115)105-52-53-107-101(118)82(108-102(119)83(59-66-25-11-7-12-26-66)109-100(117)69-29-13-8-14-30-69)46-51-106-99(116)70-47-55-110(56-48-70)135(120,121)90-34-23-20-31-79(90)96-77-40-38-71(112-57-49-67-27-18-21-32-84(67)112)60-88(77)134-89-61-72(39-41-78(89)96)113-58-50-68-28-19-22-33-85(68)113/h8-9,13-16,18-23,27-36,38-45,60-66,70,82-83H,6-7,10-12,17,24-26,37,46-59H2,1-5H3,(H7-2,105,106,107,108,109,115,116,117,118,119,122,123,124,125,126,127,128,129,130,131,132,133)/p+2/t82-,83-/m0/s1. The van der Waals surface area contributed by atoms with Crippen LogP contribution in [0.5, 0.6) is 0 Å². The van der Waals surface area contributed by atoms with Crippen LogP contribution in [-0.4, -0.2) is 175 Å². The van der Waals surface area contributed by atoms with Crippen molar-refractivity contribution >= 4 is 147 Å². The number of hydrogen-bond acceptors (Lipinski definition) is 18. The molecule has 0 radical (unpaired) electrons. The summed E-state index contributed by atoms with van der Waals surface area (Å²) in [5.41, 5.74) is 10.1. The van der Waals surface area contributed by atoms with Crippen LogP contribution in [-0.2, 0) is 93.3 Å². The molecule has 2 fully saturated rings. The molecule has 9 N–H and O–H groups in total. The Labute approximate surface area is 808 Å². The predicted molar refractivity (Wildman–Crippen MR) is 532 cm³/mol. The fourth-order valence-electron chi connectivity index (χ4n) is 21.2. The van der Waals surface area contributed by atoms with E-state index in [0.717, 1.165) is 97.5 Å². The lowest BCUT2D eigenvalue weighted by Crippen LogP contribution is -2.55. The maximum Gasteiger partial charge on any atom is 0.295 e. The Kier molecular flexibility index (Phi) is 28.0. The molecule has 726 valence electrons. The Hall–Kier alpha value is -12.4. The number of allylic oxidation sites excluding steroid dienone is 6. The highest BCUT2D eigenvalue weighted by atomic mass is 32.2. The zero-order valence-corrected chi connectivity index (χ0v) is 81.7. The number of benzene rings is 10. The van der Waals surface area contributed by atoms with Gasteiger partial charge >= 0.3 is 0 Å². The molecule has 9 aromatic carbocycles. The lowest BCUT2D eigenvalue weighted by Gasteiger charge is -2.31. The van der Waals surface area contributed by atoms with Crippen molar-refractivity contribution in [2.45, 2.75) is 178 Å². The molecular formula is C104H112N10O20S5+2. The number of para-hydroxylation sites is 2. The summed E-state index contributed by atoms with van der Waals surface area (Å²) < 4.78 is 187. The van der Waals surface area contributed by atoms with Gasteiger partial charge in [-0.2, -0.15) is 47.1 Å². The molecule has 6 heterocycles. The monoisotopic (exact) mass is 1980 g/mol. The fraction of sp³-hybridized carbons (Fsp3) is 0.337. The van der Waals surface area contributed by atoms with Crippen LogP contribution in [0, 0.1) is 11.8 Å². The highest BCUT2D eigenvalue weighted by Gasteiger charge is 2.48. The number of fused-ring (bicyclic) bond motifs is 10. The molecule has 0 bridgehead atoms. The summed E-state index contributed by atoms with van der Waals surface area (Å²) in [6, 6.07) is 52.1. The zero-order valence-electron chi connectivity index (χ0n) is 77.7. The van der Waals surface area contributed by atoms with Gasteiger partial charge in [-0.1, -0.05) is 143 Å². The van der Waals surface area contributed by atoms with E-state index >= 15 is 8.42 Å². The number of carbonyl (C=O) groups excluding carboxylic acids is 5. The van der Waals surface area contributed by atoms with E-state index in [1.165, 1.54) is 33.6 Å². The largest absolute Gasteiger partial charge is 0.456 e. The smallest absolute Gasteiger partial charge is 0.295 e. The number of unbranched alkanes of at least 4 members (excludes halogenated alkanes) is 2.